The lowest BCUT2D eigenvalue weighted by molar-refractivity contribution is 0.679. The number of halogens is 1. The van der Waals surface area contributed by atoms with Gasteiger partial charge in [-0.25, -0.2) is 19.9 Å². The molecule has 0 saturated carbocycles. The number of nitrogens with one attached hydrogen (secondary N) is 1. The molecule has 0 radical (unpaired) electrons. The molecule has 36 heavy (non-hydrogen) atoms. The van der Waals surface area contributed by atoms with Crippen LogP contribution in [-0.4, -0.2) is 49.5 Å². The van der Waals surface area contributed by atoms with E-state index in [1.807, 2.05) is 12.1 Å². The number of fused-ring (bicyclic) bond motifs is 2. The number of rotatable bonds is 9. The first-order valence-electron chi connectivity index (χ1n) is 11.9. The number of benzene rings is 1. The number of aromatic amines is 1. The molecule has 0 fully saturated rings. The van der Waals surface area contributed by atoms with Crippen LogP contribution >= 0.6 is 23.4 Å². The smallest absolute Gasteiger partial charge is 0.196 e. The van der Waals surface area contributed by atoms with Crippen molar-refractivity contribution in [2.45, 2.75) is 36.2 Å². The maximum Gasteiger partial charge on any atom is 0.196 e. The van der Waals surface area contributed by atoms with Gasteiger partial charge in [-0.2, -0.15) is 0 Å². The molecule has 0 amide bonds. The summed E-state index contributed by atoms with van der Waals surface area (Å²) in [5, 5.41) is 2.09. The highest BCUT2D eigenvalue weighted by atomic mass is 35.5. The van der Waals surface area contributed by atoms with Gasteiger partial charge in [0.15, 0.2) is 10.8 Å². The molecule has 184 valence electrons. The van der Waals surface area contributed by atoms with Gasteiger partial charge in [0, 0.05) is 48.8 Å². The molecule has 8 nitrogen and oxygen atoms in total. The minimum atomic E-state index is 0.269. The Labute approximate surface area is 218 Å². The van der Waals surface area contributed by atoms with Crippen molar-refractivity contribution < 1.29 is 0 Å². The summed E-state index contributed by atoms with van der Waals surface area (Å²) in [7, 11) is 0. The zero-order valence-electron chi connectivity index (χ0n) is 20.1. The lowest BCUT2D eigenvalue weighted by atomic mass is 10.0. The summed E-state index contributed by atoms with van der Waals surface area (Å²) >= 11 is 8.27. The quantitative estimate of drug-likeness (QED) is 0.255. The number of H-pyrrole nitrogens is 1. The summed E-state index contributed by atoms with van der Waals surface area (Å²) in [5.41, 5.74) is 10.3. The van der Waals surface area contributed by atoms with Gasteiger partial charge in [0.05, 0.1) is 10.4 Å². The van der Waals surface area contributed by atoms with Gasteiger partial charge in [0.1, 0.15) is 17.0 Å². The van der Waals surface area contributed by atoms with E-state index >= 15 is 0 Å². The third-order valence-electron chi connectivity index (χ3n) is 6.05. The van der Waals surface area contributed by atoms with E-state index < -0.39 is 0 Å². The molecule has 5 rings (SSSR count). The van der Waals surface area contributed by atoms with E-state index in [0.29, 0.717) is 34.6 Å². The molecule has 1 unspecified atom stereocenters. The van der Waals surface area contributed by atoms with Crippen LogP contribution in [0, 0.1) is 0 Å². The second-order valence-electron chi connectivity index (χ2n) is 8.54. The lowest BCUT2D eigenvalue weighted by Crippen LogP contribution is -2.33. The predicted octanol–water partition coefficient (Wildman–Crippen LogP) is 5.23. The van der Waals surface area contributed by atoms with Crippen LogP contribution in [0.2, 0.25) is 5.02 Å². The van der Waals surface area contributed by atoms with Crippen molar-refractivity contribution in [2.24, 2.45) is 5.73 Å². The summed E-state index contributed by atoms with van der Waals surface area (Å²) in [6.07, 6.45) is 5.82. The number of hydrogen-bond donors (Lipinski definition) is 2. The van der Waals surface area contributed by atoms with Crippen molar-refractivity contribution in [3.63, 3.8) is 0 Å². The summed E-state index contributed by atoms with van der Waals surface area (Å²) < 4.78 is 0. The van der Waals surface area contributed by atoms with Crippen LogP contribution in [0.1, 0.15) is 31.0 Å². The Kier molecular flexibility index (Phi) is 7.31. The highest BCUT2D eigenvalue weighted by molar-refractivity contribution is 7.99. The van der Waals surface area contributed by atoms with Gasteiger partial charge in [-0.05, 0) is 35.7 Å². The molecular weight excluding hydrogens is 492 g/mol. The third kappa shape index (κ3) is 5.00. The standard InChI is InChI=1S/C26H27ClN8S/c1-3-19-22(27)21-24(32-19)33-26(36-18-13-20-23(31-14-18)30-11-10-29-20)34-25(21)35(12-9-28)15-16(2)17-7-5-4-6-8-17/h4-8,10-11,13-14,16H,3,9,12,15,28H2,1-2H3,(H,32,33,34). The molecule has 1 atom stereocenters. The number of aromatic nitrogens is 6. The van der Waals surface area contributed by atoms with Crippen LogP contribution in [0.3, 0.4) is 0 Å². The molecule has 3 N–H and O–H groups in total. The number of aryl methyl sites for hydroxylation is 1. The molecule has 0 saturated heterocycles. The first-order chi connectivity index (χ1) is 17.6. The Morgan fingerprint density at radius 2 is 1.92 bits per heavy atom. The fraction of sp³-hybridized carbons (Fsp3) is 0.269. The zero-order valence-corrected chi connectivity index (χ0v) is 21.7. The predicted molar refractivity (Wildman–Crippen MR) is 146 cm³/mol. The van der Waals surface area contributed by atoms with Crippen molar-refractivity contribution in [1.82, 2.24) is 29.9 Å². The average Bonchev–Trinajstić information content (AvgIpc) is 3.23. The second kappa shape index (κ2) is 10.8. The highest BCUT2D eigenvalue weighted by Crippen LogP contribution is 2.37. The van der Waals surface area contributed by atoms with Gasteiger partial charge in [-0.15, -0.1) is 0 Å². The minimum Gasteiger partial charge on any atom is -0.354 e. The molecule has 0 spiro atoms. The number of anilines is 1. The Morgan fingerprint density at radius 1 is 1.11 bits per heavy atom. The zero-order chi connectivity index (χ0) is 25.1. The van der Waals surface area contributed by atoms with E-state index in [4.69, 9.17) is 27.3 Å². The van der Waals surface area contributed by atoms with Crippen LogP contribution in [0.15, 0.2) is 65.0 Å². The van der Waals surface area contributed by atoms with Gasteiger partial charge in [0.25, 0.3) is 0 Å². The van der Waals surface area contributed by atoms with Crippen molar-refractivity contribution in [1.29, 1.82) is 0 Å². The van der Waals surface area contributed by atoms with E-state index in [0.717, 1.165) is 40.3 Å². The molecule has 0 bridgehead atoms. The number of pyridine rings is 1. The maximum atomic E-state index is 6.84. The number of nitrogens with two attached hydrogens (primary N) is 1. The van der Waals surface area contributed by atoms with Gasteiger partial charge >= 0.3 is 0 Å². The largest absolute Gasteiger partial charge is 0.354 e. The normalized spacial score (nSPS) is 12.3. The van der Waals surface area contributed by atoms with Gasteiger partial charge in [0.2, 0.25) is 0 Å². The number of nitrogens with zero attached hydrogens (tertiary/aromatic N) is 6. The molecule has 4 aromatic heterocycles. The number of hydrogen-bond acceptors (Lipinski definition) is 8. The van der Waals surface area contributed by atoms with E-state index in [1.165, 1.54) is 17.3 Å². The van der Waals surface area contributed by atoms with E-state index in [9.17, 15) is 0 Å². The van der Waals surface area contributed by atoms with Crippen LogP contribution in [-0.2, 0) is 6.42 Å². The summed E-state index contributed by atoms with van der Waals surface area (Å²) in [6, 6.07) is 12.4. The molecule has 5 aromatic rings. The molecule has 10 heteroatoms. The minimum absolute atomic E-state index is 0.269. The topological polar surface area (TPSA) is 109 Å². The van der Waals surface area contributed by atoms with E-state index in [1.54, 1.807) is 18.6 Å². The third-order valence-corrected chi connectivity index (χ3v) is 7.29. The van der Waals surface area contributed by atoms with Gasteiger partial charge < -0.3 is 15.6 Å². The monoisotopic (exact) mass is 518 g/mol. The van der Waals surface area contributed by atoms with Crippen molar-refractivity contribution in [2.75, 3.05) is 24.5 Å². The summed E-state index contributed by atoms with van der Waals surface area (Å²) in [5.74, 6) is 1.05. The molecular formula is C26H27ClN8S. The molecule has 1 aromatic carbocycles. The highest BCUT2D eigenvalue weighted by Gasteiger charge is 2.23. The van der Waals surface area contributed by atoms with Crippen LogP contribution < -0.4 is 10.6 Å². The first kappa shape index (κ1) is 24.4. The lowest BCUT2D eigenvalue weighted by Gasteiger charge is -2.27. The Hall–Kier alpha value is -3.27. The van der Waals surface area contributed by atoms with E-state index in [-0.39, 0.29) is 5.92 Å². The molecule has 0 aliphatic heterocycles. The SMILES string of the molecule is CCc1[nH]c2nc(Sc3cnc4nccnc4c3)nc(N(CCN)CC(C)c3ccccc3)c2c1Cl. The average molecular weight is 519 g/mol. The molecule has 0 aliphatic carbocycles. The Balaban J connectivity index is 1.57. The molecule has 4 heterocycles. The van der Waals surface area contributed by atoms with E-state index in [2.05, 4.69) is 62.9 Å². The van der Waals surface area contributed by atoms with Gasteiger partial charge in [-0.3, -0.25) is 4.98 Å². The van der Waals surface area contributed by atoms with Crippen molar-refractivity contribution >= 4 is 51.4 Å². The van der Waals surface area contributed by atoms with Crippen LogP contribution in [0.4, 0.5) is 5.82 Å². The van der Waals surface area contributed by atoms with Crippen molar-refractivity contribution in [3.05, 3.63) is 71.3 Å². The fourth-order valence-corrected chi connectivity index (χ4v) is 5.36. The van der Waals surface area contributed by atoms with Crippen LogP contribution in [0.25, 0.3) is 22.2 Å². The second-order valence-corrected chi connectivity index (χ2v) is 9.96. The van der Waals surface area contributed by atoms with Crippen molar-refractivity contribution in [3.8, 4) is 0 Å². The fourth-order valence-electron chi connectivity index (χ4n) is 4.25. The molecule has 0 aliphatic rings. The summed E-state index contributed by atoms with van der Waals surface area (Å²) in [6.45, 7) is 6.16. The maximum absolute atomic E-state index is 6.84. The Morgan fingerprint density at radius 3 is 2.69 bits per heavy atom. The van der Waals surface area contributed by atoms with Crippen LogP contribution in [0.5, 0.6) is 0 Å². The first-order valence-corrected chi connectivity index (χ1v) is 13.1. The summed E-state index contributed by atoms with van der Waals surface area (Å²) in [4.78, 5) is 29.4. The van der Waals surface area contributed by atoms with Gasteiger partial charge in [-0.1, -0.05) is 55.8 Å². The Bertz CT molecular complexity index is 1490.